The summed E-state index contributed by atoms with van der Waals surface area (Å²) in [6.07, 6.45) is 5.52. The predicted octanol–water partition coefficient (Wildman–Crippen LogP) is -6.66. The van der Waals surface area contributed by atoms with Gasteiger partial charge < -0.3 is 37.2 Å². The molecule has 0 N–H and O–H groups in total. The van der Waals surface area contributed by atoms with Crippen molar-refractivity contribution in [2.24, 2.45) is 5.92 Å². The molecule has 0 heterocycles. The molecule has 0 nitrogen and oxygen atoms in total. The summed E-state index contributed by atoms with van der Waals surface area (Å²) in [5.41, 5.74) is 2.70. The minimum absolute atomic E-state index is 0. The van der Waals surface area contributed by atoms with Gasteiger partial charge in [-0.2, -0.15) is 6.08 Å². The molecule has 0 radical (unpaired) electrons. The number of halogens is 3. The van der Waals surface area contributed by atoms with Gasteiger partial charge in [0.1, 0.15) is 0 Å². The van der Waals surface area contributed by atoms with Gasteiger partial charge in [0.15, 0.2) is 0 Å². The van der Waals surface area contributed by atoms with Crippen molar-refractivity contribution < 1.29 is 63.4 Å². The summed E-state index contributed by atoms with van der Waals surface area (Å²) < 4.78 is 0. The van der Waals surface area contributed by atoms with Crippen LogP contribution in [0.2, 0.25) is 0 Å². The first-order chi connectivity index (χ1) is 3.70. The average molecular weight is 305 g/mol. The SMILES string of the molecule is CC1=[C-]C(C)C=C1C.[Cl-].[Cl-].[Cl-].[Zr+4]. The van der Waals surface area contributed by atoms with E-state index in [9.17, 15) is 0 Å². The molecule has 0 aliphatic heterocycles. The van der Waals surface area contributed by atoms with Gasteiger partial charge in [-0.05, 0) is 0 Å². The van der Waals surface area contributed by atoms with Crippen LogP contribution >= 0.6 is 0 Å². The second-order valence-electron chi connectivity index (χ2n) is 2.41. The van der Waals surface area contributed by atoms with E-state index in [0.29, 0.717) is 5.92 Å². The smallest absolute Gasteiger partial charge is 1.00 e. The quantitative estimate of drug-likeness (QED) is 0.391. The van der Waals surface area contributed by atoms with E-state index in [1.807, 2.05) is 0 Å². The van der Waals surface area contributed by atoms with E-state index in [2.05, 4.69) is 32.9 Å². The molecule has 0 spiro atoms. The summed E-state index contributed by atoms with van der Waals surface area (Å²) in [4.78, 5) is 0. The minimum Gasteiger partial charge on any atom is -1.00 e. The molecule has 0 aromatic carbocycles. The fourth-order valence-corrected chi connectivity index (χ4v) is 0.997. The molecule has 1 unspecified atom stereocenters. The second-order valence-corrected chi connectivity index (χ2v) is 2.41. The first-order valence-corrected chi connectivity index (χ1v) is 2.99. The fourth-order valence-electron chi connectivity index (χ4n) is 0.997. The van der Waals surface area contributed by atoms with Gasteiger partial charge in [0.05, 0.1) is 0 Å². The molecule has 1 rings (SSSR count). The first-order valence-electron chi connectivity index (χ1n) is 2.99. The molecule has 0 fully saturated rings. The van der Waals surface area contributed by atoms with Crippen LogP contribution in [0.3, 0.4) is 0 Å². The first kappa shape index (κ1) is 23.2. The second kappa shape index (κ2) is 10.3. The Morgan fingerprint density at radius 3 is 1.67 bits per heavy atom. The number of hydrogen-bond donors (Lipinski definition) is 0. The maximum absolute atomic E-state index is 3.29. The molecule has 0 bridgehead atoms. The number of allylic oxidation sites excluding steroid dienone is 4. The largest absolute Gasteiger partial charge is 4.00 e. The van der Waals surface area contributed by atoms with Gasteiger partial charge in [0, 0.05) is 0 Å². The van der Waals surface area contributed by atoms with E-state index in [1.165, 1.54) is 11.1 Å². The number of rotatable bonds is 0. The fraction of sp³-hybridized carbons (Fsp3) is 0.500. The molecule has 0 aromatic heterocycles. The molecule has 1 atom stereocenters. The van der Waals surface area contributed by atoms with Gasteiger partial charge in [-0.1, -0.05) is 19.8 Å². The van der Waals surface area contributed by atoms with Crippen LogP contribution in [0.1, 0.15) is 20.8 Å². The van der Waals surface area contributed by atoms with Crippen LogP contribution in [0.4, 0.5) is 0 Å². The van der Waals surface area contributed by atoms with Crippen molar-refractivity contribution in [3.05, 3.63) is 23.3 Å². The van der Waals surface area contributed by atoms with Gasteiger partial charge in [0.25, 0.3) is 0 Å². The van der Waals surface area contributed by atoms with Gasteiger partial charge in [-0.3, -0.25) is 6.08 Å². The van der Waals surface area contributed by atoms with Crippen LogP contribution in [0.25, 0.3) is 0 Å². The molecule has 1 aliphatic rings. The Balaban J connectivity index is -0.0000000800. The van der Waals surface area contributed by atoms with Crippen molar-refractivity contribution in [3.8, 4) is 0 Å². The third-order valence-electron chi connectivity index (χ3n) is 1.54. The predicted molar refractivity (Wildman–Crippen MR) is 35.4 cm³/mol. The van der Waals surface area contributed by atoms with Gasteiger partial charge in [-0.25, -0.2) is 11.1 Å². The van der Waals surface area contributed by atoms with E-state index in [1.54, 1.807) is 0 Å². The summed E-state index contributed by atoms with van der Waals surface area (Å²) in [5.74, 6) is 0.551. The maximum Gasteiger partial charge on any atom is 4.00 e. The van der Waals surface area contributed by atoms with E-state index in [-0.39, 0.29) is 63.4 Å². The zero-order valence-corrected chi connectivity index (χ0v) is 12.0. The summed E-state index contributed by atoms with van der Waals surface area (Å²) >= 11 is 0. The Kier molecular flexibility index (Phi) is 20.0. The molecule has 1 aliphatic carbocycles. The van der Waals surface area contributed by atoms with E-state index >= 15 is 0 Å². The molecular weight excluding hydrogens is 294 g/mol. The van der Waals surface area contributed by atoms with Crippen LogP contribution < -0.4 is 37.2 Å². The summed E-state index contributed by atoms with van der Waals surface area (Å²) in [5, 5.41) is 0. The van der Waals surface area contributed by atoms with Gasteiger partial charge in [0.2, 0.25) is 0 Å². The zero-order chi connectivity index (χ0) is 6.15. The van der Waals surface area contributed by atoms with Crippen LogP contribution in [-0.4, -0.2) is 0 Å². The molecule has 68 valence electrons. The zero-order valence-electron chi connectivity index (χ0n) is 7.29. The van der Waals surface area contributed by atoms with Crippen molar-refractivity contribution in [2.45, 2.75) is 20.8 Å². The van der Waals surface area contributed by atoms with Crippen molar-refractivity contribution in [1.29, 1.82) is 0 Å². The van der Waals surface area contributed by atoms with Gasteiger partial charge in [-0.15, -0.1) is 6.92 Å². The molecule has 4 heteroatoms. The van der Waals surface area contributed by atoms with Crippen LogP contribution in [-0.2, 0) is 26.2 Å². The molecule has 0 saturated heterocycles. The van der Waals surface area contributed by atoms with Gasteiger partial charge >= 0.3 is 26.2 Å². The number of hydrogen-bond acceptors (Lipinski definition) is 0. The summed E-state index contributed by atoms with van der Waals surface area (Å²) in [6, 6.07) is 0. The minimum atomic E-state index is 0. The Bertz CT molecular complexity index is 146. The molecular formula is C8H11Cl3Zr. The van der Waals surface area contributed by atoms with E-state index in [4.69, 9.17) is 0 Å². The molecule has 0 saturated carbocycles. The maximum atomic E-state index is 3.29. The Hall–Kier alpha value is 1.23. The normalized spacial score (nSPS) is 18.4. The topological polar surface area (TPSA) is 0 Å². The summed E-state index contributed by atoms with van der Waals surface area (Å²) in [6.45, 7) is 6.39. The van der Waals surface area contributed by atoms with Crippen molar-refractivity contribution in [2.75, 3.05) is 0 Å². The van der Waals surface area contributed by atoms with Crippen LogP contribution in [0, 0.1) is 12.0 Å². The third-order valence-corrected chi connectivity index (χ3v) is 1.54. The van der Waals surface area contributed by atoms with E-state index < -0.39 is 0 Å². The van der Waals surface area contributed by atoms with E-state index in [0.717, 1.165) is 0 Å². The van der Waals surface area contributed by atoms with Crippen molar-refractivity contribution in [1.82, 2.24) is 0 Å². The van der Waals surface area contributed by atoms with Crippen molar-refractivity contribution >= 4 is 0 Å². The molecule has 0 amide bonds. The van der Waals surface area contributed by atoms with Crippen molar-refractivity contribution in [3.63, 3.8) is 0 Å². The van der Waals surface area contributed by atoms with Crippen LogP contribution in [0.15, 0.2) is 17.2 Å². The Morgan fingerprint density at radius 2 is 1.58 bits per heavy atom. The molecule has 12 heavy (non-hydrogen) atoms. The Morgan fingerprint density at radius 1 is 1.17 bits per heavy atom. The monoisotopic (exact) mass is 302 g/mol. The molecule has 0 aromatic rings. The average Bonchev–Trinajstić information content (AvgIpc) is 1.85. The Labute approximate surface area is 113 Å². The standard InChI is InChI=1S/C8H11.3ClH.Zr/c1-6-4-7(2)8(3)5-6;;;;/h4,6H,1-3H3;3*1H;/q-1;;;;+4/p-3. The summed E-state index contributed by atoms with van der Waals surface area (Å²) in [7, 11) is 0. The van der Waals surface area contributed by atoms with Crippen LogP contribution in [0.5, 0.6) is 0 Å². The third kappa shape index (κ3) is 6.72.